The summed E-state index contributed by atoms with van der Waals surface area (Å²) in [6.07, 6.45) is 1.24. The van der Waals surface area contributed by atoms with Crippen molar-refractivity contribution in [3.8, 4) is 0 Å². The predicted molar refractivity (Wildman–Crippen MR) is 63.9 cm³/mol. The van der Waals surface area contributed by atoms with E-state index in [1.807, 2.05) is 0 Å². The maximum atomic E-state index is 11.8. The Bertz CT molecular complexity index is 339. The zero-order chi connectivity index (χ0) is 13.3. The van der Waals surface area contributed by atoms with Crippen LogP contribution in [0.15, 0.2) is 12.7 Å². The number of carbonyl (C=O) groups excluding carboxylic acids is 1. The zero-order valence-electron chi connectivity index (χ0n) is 9.96. The van der Waals surface area contributed by atoms with Crippen LogP contribution >= 0.6 is 0 Å². The van der Waals surface area contributed by atoms with Crippen molar-refractivity contribution in [3.63, 3.8) is 0 Å². The van der Waals surface area contributed by atoms with Gasteiger partial charge in [-0.15, -0.1) is 6.58 Å². The lowest BCUT2D eigenvalue weighted by Crippen LogP contribution is -2.36. The summed E-state index contributed by atoms with van der Waals surface area (Å²) in [6, 6.07) is 0. The summed E-state index contributed by atoms with van der Waals surface area (Å²) < 4.78 is 29.3. The highest BCUT2D eigenvalue weighted by Crippen LogP contribution is 2.04. The van der Waals surface area contributed by atoms with E-state index in [2.05, 4.69) is 11.3 Å². The Labute approximate surface area is 102 Å². The Morgan fingerprint density at radius 2 is 2.18 bits per heavy atom. The van der Waals surface area contributed by atoms with Crippen molar-refractivity contribution < 1.29 is 23.1 Å². The van der Waals surface area contributed by atoms with Gasteiger partial charge in [-0.3, -0.25) is 4.79 Å². The molecule has 0 amide bonds. The van der Waals surface area contributed by atoms with Gasteiger partial charge < -0.3 is 9.84 Å². The second-order valence-corrected chi connectivity index (χ2v) is 5.33. The smallest absolute Gasteiger partial charge is 0.306 e. The Morgan fingerprint density at radius 3 is 2.65 bits per heavy atom. The lowest BCUT2D eigenvalue weighted by molar-refractivity contribution is -0.142. The van der Waals surface area contributed by atoms with Crippen LogP contribution in [-0.4, -0.2) is 55.9 Å². The molecule has 0 saturated carbocycles. The molecule has 0 atom stereocenters. The lowest BCUT2D eigenvalue weighted by atomic mass is 10.5. The minimum absolute atomic E-state index is 0.00280. The first-order valence-corrected chi connectivity index (χ1v) is 6.94. The molecule has 0 heterocycles. The molecule has 7 heteroatoms. The lowest BCUT2D eigenvalue weighted by Gasteiger charge is -2.19. The van der Waals surface area contributed by atoms with Crippen molar-refractivity contribution >= 4 is 16.0 Å². The standard InChI is InChI=1S/C10H19NO5S/c1-3-6-11(7-8-12)17(14,15)9-5-10(13)16-4-2/h3,12H,1,4-9H2,2H3. The van der Waals surface area contributed by atoms with Crippen molar-refractivity contribution in [2.75, 3.05) is 32.1 Å². The number of carbonyl (C=O) groups is 1. The summed E-state index contributed by atoms with van der Waals surface area (Å²) >= 11 is 0. The van der Waals surface area contributed by atoms with Gasteiger partial charge in [0.2, 0.25) is 10.0 Å². The summed E-state index contributed by atoms with van der Waals surface area (Å²) in [7, 11) is -3.56. The van der Waals surface area contributed by atoms with Crippen molar-refractivity contribution in [3.05, 3.63) is 12.7 Å². The van der Waals surface area contributed by atoms with E-state index in [1.165, 1.54) is 6.08 Å². The van der Waals surface area contributed by atoms with Crippen LogP contribution < -0.4 is 0 Å². The van der Waals surface area contributed by atoms with Gasteiger partial charge in [-0.05, 0) is 6.92 Å². The summed E-state index contributed by atoms with van der Waals surface area (Å²) in [6.45, 7) is 5.17. The number of nitrogens with zero attached hydrogens (tertiary/aromatic N) is 1. The van der Waals surface area contributed by atoms with Gasteiger partial charge in [-0.2, -0.15) is 4.31 Å². The maximum absolute atomic E-state index is 11.8. The first-order valence-electron chi connectivity index (χ1n) is 5.33. The minimum atomic E-state index is -3.56. The Balaban J connectivity index is 4.41. The van der Waals surface area contributed by atoms with Crippen molar-refractivity contribution in [1.82, 2.24) is 4.31 Å². The van der Waals surface area contributed by atoms with Gasteiger partial charge in [0, 0.05) is 13.1 Å². The molecule has 6 nitrogen and oxygen atoms in total. The van der Waals surface area contributed by atoms with E-state index in [1.54, 1.807) is 6.92 Å². The fourth-order valence-corrected chi connectivity index (χ4v) is 2.55. The Morgan fingerprint density at radius 1 is 1.53 bits per heavy atom. The molecule has 0 bridgehead atoms. The van der Waals surface area contributed by atoms with Crippen LogP contribution in [0.25, 0.3) is 0 Å². The Hall–Kier alpha value is -0.920. The molecule has 0 aliphatic rings. The van der Waals surface area contributed by atoms with Crippen molar-refractivity contribution in [2.24, 2.45) is 0 Å². The first-order chi connectivity index (χ1) is 7.97. The van der Waals surface area contributed by atoms with E-state index in [4.69, 9.17) is 5.11 Å². The molecule has 1 N–H and O–H groups in total. The number of esters is 1. The van der Waals surface area contributed by atoms with E-state index in [9.17, 15) is 13.2 Å². The van der Waals surface area contributed by atoms with Crippen LogP contribution in [-0.2, 0) is 19.6 Å². The first kappa shape index (κ1) is 16.1. The monoisotopic (exact) mass is 265 g/mol. The largest absolute Gasteiger partial charge is 0.466 e. The molecule has 0 aromatic rings. The van der Waals surface area contributed by atoms with Gasteiger partial charge in [-0.25, -0.2) is 8.42 Å². The molecule has 0 aliphatic heterocycles. The van der Waals surface area contributed by atoms with Gasteiger partial charge >= 0.3 is 5.97 Å². The third-order valence-corrected chi connectivity index (χ3v) is 3.78. The second-order valence-electron chi connectivity index (χ2n) is 3.24. The minimum Gasteiger partial charge on any atom is -0.466 e. The van der Waals surface area contributed by atoms with Gasteiger partial charge in [-0.1, -0.05) is 6.08 Å². The zero-order valence-corrected chi connectivity index (χ0v) is 10.8. The number of hydrogen-bond donors (Lipinski definition) is 1. The molecule has 0 aromatic heterocycles. The molecule has 0 spiro atoms. The molecule has 0 radical (unpaired) electrons. The van der Waals surface area contributed by atoms with Crippen LogP contribution in [0.4, 0.5) is 0 Å². The highest BCUT2D eigenvalue weighted by atomic mass is 32.2. The number of aliphatic hydroxyl groups excluding tert-OH is 1. The molecule has 0 rings (SSSR count). The normalized spacial score (nSPS) is 11.5. The molecule has 17 heavy (non-hydrogen) atoms. The van der Waals surface area contributed by atoms with Crippen LogP contribution in [0.3, 0.4) is 0 Å². The van der Waals surface area contributed by atoms with Crippen LogP contribution in [0, 0.1) is 0 Å². The molecule has 100 valence electrons. The summed E-state index contributed by atoms with van der Waals surface area (Å²) in [5.41, 5.74) is 0. The summed E-state index contributed by atoms with van der Waals surface area (Å²) in [5.74, 6) is -0.863. The van der Waals surface area contributed by atoms with Crippen molar-refractivity contribution in [1.29, 1.82) is 0 Å². The van der Waals surface area contributed by atoms with Gasteiger partial charge in [0.15, 0.2) is 0 Å². The van der Waals surface area contributed by atoms with Crippen LogP contribution in [0.5, 0.6) is 0 Å². The van der Waals surface area contributed by atoms with Gasteiger partial charge in [0.25, 0.3) is 0 Å². The third-order valence-electron chi connectivity index (χ3n) is 1.94. The molecule has 0 saturated heterocycles. The number of ether oxygens (including phenoxy) is 1. The molecular formula is C10H19NO5S. The third kappa shape index (κ3) is 6.40. The molecule has 0 aromatic carbocycles. The SMILES string of the molecule is C=CCN(CCO)S(=O)(=O)CCC(=O)OCC. The molecule has 0 aliphatic carbocycles. The van der Waals surface area contributed by atoms with E-state index >= 15 is 0 Å². The summed E-state index contributed by atoms with van der Waals surface area (Å²) in [5, 5.41) is 8.76. The van der Waals surface area contributed by atoms with E-state index in [-0.39, 0.29) is 38.5 Å². The molecule has 0 unspecified atom stereocenters. The van der Waals surface area contributed by atoms with Crippen LogP contribution in [0.2, 0.25) is 0 Å². The number of hydrogen-bond acceptors (Lipinski definition) is 5. The van der Waals surface area contributed by atoms with Gasteiger partial charge in [0.05, 0.1) is 25.4 Å². The van der Waals surface area contributed by atoms with Crippen LogP contribution in [0.1, 0.15) is 13.3 Å². The average molecular weight is 265 g/mol. The Kier molecular flexibility index (Phi) is 7.77. The fraction of sp³-hybridized carbons (Fsp3) is 0.700. The fourth-order valence-electron chi connectivity index (χ4n) is 1.17. The van der Waals surface area contributed by atoms with E-state index < -0.39 is 16.0 Å². The number of sulfonamides is 1. The second kappa shape index (κ2) is 8.21. The number of rotatable bonds is 9. The van der Waals surface area contributed by atoms with Crippen molar-refractivity contribution in [2.45, 2.75) is 13.3 Å². The maximum Gasteiger partial charge on any atom is 0.306 e. The topological polar surface area (TPSA) is 83.9 Å². The number of aliphatic hydroxyl groups is 1. The predicted octanol–water partition coefficient (Wildman–Crippen LogP) is -0.250. The summed E-state index contributed by atoms with van der Waals surface area (Å²) in [4.78, 5) is 11.1. The quantitative estimate of drug-likeness (QED) is 0.459. The van der Waals surface area contributed by atoms with Gasteiger partial charge in [0.1, 0.15) is 0 Å². The highest BCUT2D eigenvalue weighted by molar-refractivity contribution is 7.89. The molecular weight excluding hydrogens is 246 g/mol. The average Bonchev–Trinajstić information content (AvgIpc) is 2.27. The van der Waals surface area contributed by atoms with E-state index in [0.717, 1.165) is 4.31 Å². The molecule has 0 fully saturated rings. The van der Waals surface area contributed by atoms with E-state index in [0.29, 0.717) is 0 Å². The highest BCUT2D eigenvalue weighted by Gasteiger charge is 2.21.